The van der Waals surface area contributed by atoms with Gasteiger partial charge in [-0.2, -0.15) is 0 Å². The van der Waals surface area contributed by atoms with Crippen molar-refractivity contribution in [3.63, 3.8) is 0 Å². The monoisotopic (exact) mass is 247 g/mol. The number of hydrogen-bond donors (Lipinski definition) is 1. The summed E-state index contributed by atoms with van der Waals surface area (Å²) in [4.78, 5) is 1.06. The molecule has 0 atom stereocenters. The Morgan fingerprint density at radius 2 is 2.41 bits per heavy atom. The molecule has 0 saturated heterocycles. The number of aromatic nitrogens is 4. The molecule has 17 heavy (non-hydrogen) atoms. The van der Waals surface area contributed by atoms with E-state index in [2.05, 4.69) is 15.5 Å². The third-order valence-corrected chi connectivity index (χ3v) is 3.09. The van der Waals surface area contributed by atoms with Gasteiger partial charge in [0.15, 0.2) is 11.6 Å². The van der Waals surface area contributed by atoms with Gasteiger partial charge in [0, 0.05) is 6.07 Å². The second-order valence-corrected chi connectivity index (χ2v) is 4.45. The van der Waals surface area contributed by atoms with Crippen LogP contribution in [0.2, 0.25) is 0 Å². The molecule has 0 fully saturated rings. The molecular weight excluding hydrogens is 238 g/mol. The Bertz CT molecular complexity index is 612. The van der Waals surface area contributed by atoms with Crippen molar-refractivity contribution in [2.45, 2.75) is 6.54 Å². The Morgan fingerprint density at radius 3 is 3.12 bits per heavy atom. The fourth-order valence-corrected chi connectivity index (χ4v) is 2.15. The van der Waals surface area contributed by atoms with Crippen molar-refractivity contribution < 1.29 is 4.52 Å². The first-order chi connectivity index (χ1) is 8.31. The molecule has 3 rings (SSSR count). The minimum atomic E-state index is 0.395. The first kappa shape index (κ1) is 10.0. The number of nitrogen functional groups attached to an aromatic ring is 1. The van der Waals surface area contributed by atoms with Crippen LogP contribution in [0.5, 0.6) is 0 Å². The molecule has 2 N–H and O–H groups in total. The predicted molar refractivity (Wildman–Crippen MR) is 63.4 cm³/mol. The van der Waals surface area contributed by atoms with Gasteiger partial charge in [0.25, 0.3) is 0 Å². The number of rotatable bonds is 3. The maximum atomic E-state index is 5.48. The minimum absolute atomic E-state index is 0.395. The molecule has 0 unspecified atom stereocenters. The lowest BCUT2D eigenvalue weighted by Crippen LogP contribution is -2.00. The van der Waals surface area contributed by atoms with Gasteiger partial charge in [-0.1, -0.05) is 16.4 Å². The summed E-state index contributed by atoms with van der Waals surface area (Å²) in [6.45, 7) is 0.499. The highest BCUT2D eigenvalue weighted by atomic mass is 32.1. The van der Waals surface area contributed by atoms with Crippen molar-refractivity contribution in [2.75, 3.05) is 5.73 Å². The second kappa shape index (κ2) is 4.02. The molecule has 6 nitrogen and oxygen atoms in total. The van der Waals surface area contributed by atoms with Gasteiger partial charge < -0.3 is 10.3 Å². The zero-order valence-electron chi connectivity index (χ0n) is 8.78. The van der Waals surface area contributed by atoms with E-state index in [1.54, 1.807) is 22.2 Å². The van der Waals surface area contributed by atoms with E-state index in [0.717, 1.165) is 16.3 Å². The largest absolute Gasteiger partial charge is 0.381 e. The fraction of sp³-hybridized carbons (Fsp3) is 0.100. The van der Waals surface area contributed by atoms with E-state index in [0.29, 0.717) is 12.4 Å². The summed E-state index contributed by atoms with van der Waals surface area (Å²) < 4.78 is 6.87. The second-order valence-electron chi connectivity index (χ2n) is 3.50. The number of anilines is 1. The van der Waals surface area contributed by atoms with E-state index in [1.807, 2.05) is 23.6 Å². The number of nitrogens with zero attached hydrogens (tertiary/aromatic N) is 4. The summed E-state index contributed by atoms with van der Waals surface area (Å²) in [5.74, 6) is 1.16. The molecular formula is C10H9N5OS. The van der Waals surface area contributed by atoms with Crippen molar-refractivity contribution in [2.24, 2.45) is 0 Å². The topological polar surface area (TPSA) is 82.8 Å². The molecule has 86 valence electrons. The first-order valence-corrected chi connectivity index (χ1v) is 5.84. The Morgan fingerprint density at radius 1 is 1.47 bits per heavy atom. The van der Waals surface area contributed by atoms with Crippen LogP contribution in [0, 0.1) is 0 Å². The van der Waals surface area contributed by atoms with E-state index < -0.39 is 0 Å². The molecule has 7 heteroatoms. The Balaban J connectivity index is 1.81. The van der Waals surface area contributed by atoms with Crippen LogP contribution in [0.1, 0.15) is 5.69 Å². The van der Waals surface area contributed by atoms with Gasteiger partial charge in [-0.15, -0.1) is 16.4 Å². The highest BCUT2D eigenvalue weighted by Gasteiger charge is 2.08. The Kier molecular flexibility index (Phi) is 2.37. The summed E-state index contributed by atoms with van der Waals surface area (Å²) in [7, 11) is 0. The highest BCUT2D eigenvalue weighted by molar-refractivity contribution is 7.13. The van der Waals surface area contributed by atoms with Crippen LogP contribution in [0.4, 0.5) is 5.82 Å². The standard InChI is InChI=1S/C10H9N5OS/c11-10-6-15(14-12-10)5-7-4-8(16-13-7)9-2-1-3-17-9/h1-4,6H,5,11H2. The number of nitrogens with two attached hydrogens (primary N) is 1. The third kappa shape index (κ3) is 2.04. The van der Waals surface area contributed by atoms with Crippen LogP contribution < -0.4 is 5.73 Å². The fourth-order valence-electron chi connectivity index (χ4n) is 1.48. The van der Waals surface area contributed by atoms with Gasteiger partial charge in [-0.3, -0.25) is 0 Å². The SMILES string of the molecule is Nc1cn(Cc2cc(-c3cccs3)on2)nn1. The first-order valence-electron chi connectivity index (χ1n) is 4.96. The van der Waals surface area contributed by atoms with Gasteiger partial charge in [0.05, 0.1) is 17.6 Å². The van der Waals surface area contributed by atoms with Crippen LogP contribution in [0.15, 0.2) is 34.3 Å². The average Bonchev–Trinajstić information content (AvgIpc) is 3.00. The van der Waals surface area contributed by atoms with Crippen LogP contribution >= 0.6 is 11.3 Å². The quantitative estimate of drug-likeness (QED) is 0.760. The molecule has 0 aliphatic rings. The molecule has 0 amide bonds. The summed E-state index contributed by atoms with van der Waals surface area (Å²) in [5, 5.41) is 13.5. The minimum Gasteiger partial charge on any atom is -0.381 e. The third-order valence-electron chi connectivity index (χ3n) is 2.20. The molecule has 3 aromatic rings. The van der Waals surface area contributed by atoms with E-state index in [1.165, 1.54) is 0 Å². The maximum Gasteiger partial charge on any atom is 0.177 e. The van der Waals surface area contributed by atoms with E-state index in [-0.39, 0.29) is 0 Å². The van der Waals surface area contributed by atoms with Gasteiger partial charge in [-0.05, 0) is 11.4 Å². The zero-order chi connectivity index (χ0) is 11.7. The maximum absolute atomic E-state index is 5.48. The molecule has 3 heterocycles. The molecule has 3 aromatic heterocycles. The normalized spacial score (nSPS) is 10.8. The molecule has 0 saturated carbocycles. The zero-order valence-corrected chi connectivity index (χ0v) is 9.59. The van der Waals surface area contributed by atoms with Crippen LogP contribution in [0.25, 0.3) is 10.6 Å². The van der Waals surface area contributed by atoms with E-state index >= 15 is 0 Å². The molecule has 0 aromatic carbocycles. The molecule has 0 aliphatic carbocycles. The highest BCUT2D eigenvalue weighted by Crippen LogP contribution is 2.25. The van der Waals surface area contributed by atoms with Crippen LogP contribution in [0.3, 0.4) is 0 Å². The van der Waals surface area contributed by atoms with Crippen LogP contribution in [-0.4, -0.2) is 20.2 Å². The van der Waals surface area contributed by atoms with E-state index in [4.69, 9.17) is 10.3 Å². The molecule has 0 spiro atoms. The van der Waals surface area contributed by atoms with Crippen molar-refractivity contribution in [3.05, 3.63) is 35.5 Å². The lowest BCUT2D eigenvalue weighted by molar-refractivity contribution is 0.419. The van der Waals surface area contributed by atoms with Gasteiger partial charge in [-0.25, -0.2) is 4.68 Å². The molecule has 0 bridgehead atoms. The Hall–Kier alpha value is -2.15. The summed E-state index contributed by atoms with van der Waals surface area (Å²) in [5.41, 5.74) is 6.27. The van der Waals surface area contributed by atoms with Gasteiger partial charge in [0.2, 0.25) is 0 Å². The average molecular weight is 247 g/mol. The number of hydrogen-bond acceptors (Lipinski definition) is 6. The molecule has 0 aliphatic heterocycles. The van der Waals surface area contributed by atoms with Crippen molar-refractivity contribution in [1.29, 1.82) is 0 Å². The van der Waals surface area contributed by atoms with Crippen molar-refractivity contribution in [1.82, 2.24) is 20.2 Å². The Labute approximate surface area is 101 Å². The van der Waals surface area contributed by atoms with E-state index in [9.17, 15) is 0 Å². The lowest BCUT2D eigenvalue weighted by atomic mass is 10.3. The predicted octanol–water partition coefficient (Wildman–Crippen LogP) is 1.63. The lowest BCUT2D eigenvalue weighted by Gasteiger charge is -1.92. The summed E-state index contributed by atoms with van der Waals surface area (Å²) in [6, 6.07) is 5.85. The summed E-state index contributed by atoms with van der Waals surface area (Å²) >= 11 is 1.61. The van der Waals surface area contributed by atoms with Crippen molar-refractivity contribution in [3.8, 4) is 10.6 Å². The smallest absolute Gasteiger partial charge is 0.177 e. The van der Waals surface area contributed by atoms with Gasteiger partial charge >= 0.3 is 0 Å². The summed E-state index contributed by atoms with van der Waals surface area (Å²) in [6.07, 6.45) is 1.65. The number of thiophene rings is 1. The van der Waals surface area contributed by atoms with Crippen molar-refractivity contribution >= 4 is 17.2 Å². The van der Waals surface area contributed by atoms with Crippen LogP contribution in [-0.2, 0) is 6.54 Å². The van der Waals surface area contributed by atoms with Gasteiger partial charge in [0.1, 0.15) is 5.69 Å². The molecule has 0 radical (unpaired) electrons.